The van der Waals surface area contributed by atoms with Gasteiger partial charge in [-0.05, 0) is 19.4 Å². The van der Waals surface area contributed by atoms with Crippen LogP contribution >= 0.6 is 0 Å². The fraction of sp³-hybridized carbons (Fsp3) is 0.333. The van der Waals surface area contributed by atoms with Crippen LogP contribution in [0.15, 0.2) is 59.6 Å². The molecular formula is C24H28N4O3. The molecule has 1 unspecified atom stereocenters. The fourth-order valence-corrected chi connectivity index (χ4v) is 3.31. The summed E-state index contributed by atoms with van der Waals surface area (Å²) in [7, 11) is 1.66. The molecule has 1 heterocycles. The summed E-state index contributed by atoms with van der Waals surface area (Å²) in [6, 6.07) is 16.3. The predicted octanol–water partition coefficient (Wildman–Crippen LogP) is 2.49. The minimum absolute atomic E-state index is 0.196. The highest BCUT2D eigenvalue weighted by Gasteiger charge is 2.32. The van der Waals surface area contributed by atoms with Crippen molar-refractivity contribution >= 4 is 29.1 Å². The van der Waals surface area contributed by atoms with Gasteiger partial charge in [0.1, 0.15) is 6.04 Å². The van der Waals surface area contributed by atoms with E-state index in [1.807, 2.05) is 61.5 Å². The summed E-state index contributed by atoms with van der Waals surface area (Å²) in [6.45, 7) is 5.31. The summed E-state index contributed by atoms with van der Waals surface area (Å²) in [5, 5.41) is 5.40. The molecule has 7 heteroatoms. The van der Waals surface area contributed by atoms with Crippen molar-refractivity contribution in [2.24, 2.45) is 10.9 Å². The Morgan fingerprint density at radius 1 is 1.03 bits per heavy atom. The quantitative estimate of drug-likeness (QED) is 0.752. The number of benzodiazepines with no additional fused rings is 1. The number of nitrogens with one attached hydrogen (secondary N) is 2. The second-order valence-electron chi connectivity index (χ2n) is 7.71. The van der Waals surface area contributed by atoms with Gasteiger partial charge in [-0.1, -0.05) is 62.4 Å². The summed E-state index contributed by atoms with van der Waals surface area (Å²) >= 11 is 0. The van der Waals surface area contributed by atoms with Crippen LogP contribution < -0.4 is 15.5 Å². The summed E-state index contributed by atoms with van der Waals surface area (Å²) in [6.07, 6.45) is -0.433. The van der Waals surface area contributed by atoms with Crippen LogP contribution in [0.1, 0.15) is 38.3 Å². The van der Waals surface area contributed by atoms with Crippen molar-refractivity contribution in [2.45, 2.75) is 39.4 Å². The SMILES string of the molecule is CCC(C)C(=O)N[C@@H](C)C(=O)N[C@H]1N=C(c2ccccc2)c2ccccc2N(C)C1=O. The summed E-state index contributed by atoms with van der Waals surface area (Å²) < 4.78 is 0. The van der Waals surface area contributed by atoms with Crippen molar-refractivity contribution in [3.63, 3.8) is 0 Å². The predicted molar refractivity (Wildman–Crippen MR) is 121 cm³/mol. The number of likely N-dealkylation sites (N-methyl/N-ethyl adjacent to an activating group) is 1. The van der Waals surface area contributed by atoms with E-state index in [1.165, 1.54) is 4.90 Å². The van der Waals surface area contributed by atoms with E-state index in [-0.39, 0.29) is 17.7 Å². The zero-order valence-electron chi connectivity index (χ0n) is 18.3. The van der Waals surface area contributed by atoms with Crippen molar-refractivity contribution in [3.8, 4) is 0 Å². The Morgan fingerprint density at radius 3 is 2.35 bits per heavy atom. The van der Waals surface area contributed by atoms with Gasteiger partial charge in [-0.15, -0.1) is 0 Å². The van der Waals surface area contributed by atoms with Crippen LogP contribution in [0.25, 0.3) is 0 Å². The molecule has 1 aliphatic heterocycles. The number of benzene rings is 2. The van der Waals surface area contributed by atoms with Gasteiger partial charge in [0.05, 0.1) is 11.4 Å². The van der Waals surface area contributed by atoms with E-state index in [2.05, 4.69) is 15.6 Å². The lowest BCUT2D eigenvalue weighted by molar-refractivity contribution is -0.132. The Morgan fingerprint density at radius 2 is 1.68 bits per heavy atom. The number of carbonyl (C=O) groups excluding carboxylic acids is 3. The van der Waals surface area contributed by atoms with Gasteiger partial charge < -0.3 is 15.5 Å². The smallest absolute Gasteiger partial charge is 0.272 e. The van der Waals surface area contributed by atoms with Gasteiger partial charge >= 0.3 is 0 Å². The van der Waals surface area contributed by atoms with E-state index >= 15 is 0 Å². The minimum atomic E-state index is -1.11. The van der Waals surface area contributed by atoms with E-state index in [0.29, 0.717) is 17.8 Å². The van der Waals surface area contributed by atoms with Gasteiger partial charge in [0.15, 0.2) is 0 Å². The van der Waals surface area contributed by atoms with Crippen molar-refractivity contribution in [1.82, 2.24) is 10.6 Å². The largest absolute Gasteiger partial charge is 0.344 e. The fourth-order valence-electron chi connectivity index (χ4n) is 3.31. The van der Waals surface area contributed by atoms with Crippen molar-refractivity contribution in [3.05, 3.63) is 65.7 Å². The van der Waals surface area contributed by atoms with Crippen LogP contribution in [0.5, 0.6) is 0 Å². The number of nitrogens with zero attached hydrogens (tertiary/aromatic N) is 2. The molecule has 0 saturated heterocycles. The molecule has 0 aliphatic carbocycles. The van der Waals surface area contributed by atoms with E-state index in [1.54, 1.807) is 20.9 Å². The Labute approximate surface area is 182 Å². The van der Waals surface area contributed by atoms with Crippen molar-refractivity contribution < 1.29 is 14.4 Å². The van der Waals surface area contributed by atoms with Crippen molar-refractivity contribution in [2.75, 3.05) is 11.9 Å². The number of anilines is 1. The molecule has 7 nitrogen and oxygen atoms in total. The van der Waals surface area contributed by atoms with Crippen LogP contribution in [0.3, 0.4) is 0 Å². The first-order chi connectivity index (χ1) is 14.8. The molecule has 31 heavy (non-hydrogen) atoms. The third-order valence-corrected chi connectivity index (χ3v) is 5.48. The lowest BCUT2D eigenvalue weighted by Gasteiger charge is -2.22. The number of hydrogen-bond acceptors (Lipinski definition) is 4. The molecule has 162 valence electrons. The standard InChI is InChI=1S/C24H28N4O3/c1-5-15(2)22(29)25-16(3)23(30)27-21-24(31)28(4)19-14-10-9-13-18(19)20(26-21)17-11-7-6-8-12-17/h6-16,21H,5H2,1-4H3,(H,25,29)(H,27,30)/t15?,16-,21+/m0/s1. The first-order valence-corrected chi connectivity index (χ1v) is 10.4. The van der Waals surface area contributed by atoms with Crippen LogP contribution in [0, 0.1) is 5.92 Å². The maximum atomic E-state index is 13.1. The summed E-state index contributed by atoms with van der Waals surface area (Å²) in [4.78, 5) is 44.2. The number of amides is 3. The highest BCUT2D eigenvalue weighted by Crippen LogP contribution is 2.27. The summed E-state index contributed by atoms with van der Waals surface area (Å²) in [5.74, 6) is -1.22. The van der Waals surface area contributed by atoms with Crippen molar-refractivity contribution in [1.29, 1.82) is 0 Å². The number of para-hydroxylation sites is 1. The molecule has 1 aliphatic rings. The topological polar surface area (TPSA) is 90.9 Å². The van der Waals surface area contributed by atoms with Gasteiger partial charge in [-0.3, -0.25) is 14.4 Å². The molecule has 0 radical (unpaired) electrons. The molecular weight excluding hydrogens is 392 g/mol. The number of rotatable bonds is 6. The van der Waals surface area contributed by atoms with Gasteiger partial charge in [0.2, 0.25) is 18.0 Å². The molecule has 2 aromatic rings. The normalized spacial score (nSPS) is 17.7. The highest BCUT2D eigenvalue weighted by atomic mass is 16.2. The number of fused-ring (bicyclic) bond motifs is 1. The molecule has 3 rings (SSSR count). The molecule has 0 fully saturated rings. The lowest BCUT2D eigenvalue weighted by Crippen LogP contribution is -2.52. The van der Waals surface area contributed by atoms with Crippen LogP contribution in [-0.2, 0) is 14.4 Å². The highest BCUT2D eigenvalue weighted by molar-refractivity contribution is 6.20. The molecule has 0 spiro atoms. The minimum Gasteiger partial charge on any atom is -0.344 e. The molecule has 3 atom stereocenters. The van der Waals surface area contributed by atoms with E-state index in [4.69, 9.17) is 0 Å². The third kappa shape index (κ3) is 4.82. The average molecular weight is 421 g/mol. The first-order valence-electron chi connectivity index (χ1n) is 10.4. The van der Waals surface area contributed by atoms with E-state index in [9.17, 15) is 14.4 Å². The van der Waals surface area contributed by atoms with Gasteiger partial charge in [0, 0.05) is 24.1 Å². The monoisotopic (exact) mass is 420 g/mol. The van der Waals surface area contributed by atoms with E-state index < -0.39 is 18.1 Å². The van der Waals surface area contributed by atoms with E-state index in [0.717, 1.165) is 11.1 Å². The number of carbonyl (C=O) groups is 3. The molecule has 0 saturated carbocycles. The Balaban J connectivity index is 1.92. The van der Waals surface area contributed by atoms with Crippen LogP contribution in [0.2, 0.25) is 0 Å². The third-order valence-electron chi connectivity index (χ3n) is 5.48. The number of hydrogen-bond donors (Lipinski definition) is 2. The molecule has 3 amide bonds. The Kier molecular flexibility index (Phi) is 6.84. The molecule has 2 N–H and O–H groups in total. The zero-order chi connectivity index (χ0) is 22.5. The average Bonchev–Trinajstić information content (AvgIpc) is 2.89. The maximum absolute atomic E-state index is 13.1. The Bertz CT molecular complexity index is 1000. The van der Waals surface area contributed by atoms with Gasteiger partial charge in [0.25, 0.3) is 5.91 Å². The van der Waals surface area contributed by atoms with Crippen LogP contribution in [0.4, 0.5) is 5.69 Å². The maximum Gasteiger partial charge on any atom is 0.272 e. The molecule has 0 bridgehead atoms. The zero-order valence-corrected chi connectivity index (χ0v) is 18.3. The molecule has 2 aromatic carbocycles. The van der Waals surface area contributed by atoms with Gasteiger partial charge in [-0.25, -0.2) is 4.99 Å². The van der Waals surface area contributed by atoms with Crippen LogP contribution in [-0.4, -0.2) is 42.7 Å². The second-order valence-corrected chi connectivity index (χ2v) is 7.71. The number of aliphatic imine (C=N–C) groups is 1. The summed E-state index contributed by atoms with van der Waals surface area (Å²) in [5.41, 5.74) is 2.98. The first kappa shape index (κ1) is 22.2. The Hall–Kier alpha value is -3.48. The molecule has 0 aromatic heterocycles. The van der Waals surface area contributed by atoms with Gasteiger partial charge in [-0.2, -0.15) is 0 Å². The lowest BCUT2D eigenvalue weighted by atomic mass is 10.0. The second kappa shape index (κ2) is 9.55.